The van der Waals surface area contributed by atoms with Crippen molar-refractivity contribution in [2.24, 2.45) is 0 Å². The second-order valence-corrected chi connectivity index (χ2v) is 7.59. The summed E-state index contributed by atoms with van der Waals surface area (Å²) >= 11 is 0. The summed E-state index contributed by atoms with van der Waals surface area (Å²) in [5, 5.41) is 2.52. The summed E-state index contributed by atoms with van der Waals surface area (Å²) in [6.45, 7) is -1.56. The number of halogens is 3. The third-order valence-corrected chi connectivity index (χ3v) is 4.99. The van der Waals surface area contributed by atoms with Crippen molar-refractivity contribution in [1.82, 2.24) is 15.0 Å². The van der Waals surface area contributed by atoms with E-state index < -0.39 is 28.7 Å². The minimum absolute atomic E-state index is 0.0798. The maximum absolute atomic E-state index is 12.3. The smallest absolute Gasteiger partial charge is 0.422 e. The predicted octanol–water partition coefficient (Wildman–Crippen LogP) is 2.26. The van der Waals surface area contributed by atoms with Crippen molar-refractivity contribution in [3.63, 3.8) is 0 Å². The first-order valence-corrected chi connectivity index (χ1v) is 9.72. The number of hydrogen-bond acceptors (Lipinski definition) is 5. The molecule has 0 fully saturated rings. The molecule has 2 N–H and O–H groups in total. The van der Waals surface area contributed by atoms with Crippen molar-refractivity contribution in [1.29, 1.82) is 0 Å². The number of ether oxygens (including phenoxy) is 1. The highest BCUT2D eigenvalue weighted by atomic mass is 32.2. The fraction of sp³-hybridized carbons (Fsp3) is 0.222. The molecule has 0 radical (unpaired) electrons. The van der Waals surface area contributed by atoms with Crippen LogP contribution >= 0.6 is 0 Å². The molecule has 0 unspecified atom stereocenters. The van der Waals surface area contributed by atoms with E-state index in [4.69, 9.17) is 0 Å². The first kappa shape index (κ1) is 22.4. The number of rotatable bonds is 8. The van der Waals surface area contributed by atoms with Crippen LogP contribution in [0.15, 0.2) is 53.6 Å². The quantitative estimate of drug-likeness (QED) is 0.628. The van der Waals surface area contributed by atoms with Gasteiger partial charge in [-0.2, -0.15) is 13.2 Å². The Kier molecular flexibility index (Phi) is 7.35. The van der Waals surface area contributed by atoms with Gasteiger partial charge >= 0.3 is 6.18 Å². The van der Waals surface area contributed by atoms with Crippen molar-refractivity contribution in [3.05, 3.63) is 59.8 Å². The van der Waals surface area contributed by atoms with Crippen LogP contribution in [-0.2, 0) is 21.4 Å². The van der Waals surface area contributed by atoms with E-state index in [1.165, 1.54) is 61.8 Å². The Hall–Kier alpha value is -2.92. The van der Waals surface area contributed by atoms with Crippen LogP contribution in [0.1, 0.15) is 11.1 Å². The molecular formula is C18H18F3N3O4S. The number of aromatic nitrogens is 1. The van der Waals surface area contributed by atoms with Crippen molar-refractivity contribution in [2.75, 3.05) is 13.7 Å². The van der Waals surface area contributed by atoms with Crippen LogP contribution in [0.3, 0.4) is 0 Å². The molecule has 1 aromatic heterocycles. The van der Waals surface area contributed by atoms with E-state index in [2.05, 4.69) is 19.8 Å². The van der Waals surface area contributed by atoms with Gasteiger partial charge in [0.05, 0.1) is 4.90 Å². The van der Waals surface area contributed by atoms with Gasteiger partial charge in [-0.1, -0.05) is 18.2 Å². The van der Waals surface area contributed by atoms with E-state index >= 15 is 0 Å². The standard InChI is InChI=1S/C18H18F3N3O4S/c1-22-29(26,27)15-7-4-13(5-8-15)6-9-16(25)24-11-14-3-2-10-23-17(14)28-12-18(19,20)21/h2-10,22H,11-12H2,1H3,(H,24,25)/b9-6+. The minimum Gasteiger partial charge on any atom is -0.468 e. The Labute approximate surface area is 165 Å². The maximum Gasteiger partial charge on any atom is 0.422 e. The number of sulfonamides is 1. The third-order valence-electron chi connectivity index (χ3n) is 3.56. The Morgan fingerprint density at radius 2 is 1.90 bits per heavy atom. The summed E-state index contributed by atoms with van der Waals surface area (Å²) in [6, 6.07) is 8.84. The number of carbonyl (C=O) groups is 1. The van der Waals surface area contributed by atoms with Crippen LogP contribution in [0.5, 0.6) is 5.88 Å². The number of amides is 1. The Morgan fingerprint density at radius 1 is 1.21 bits per heavy atom. The van der Waals surface area contributed by atoms with E-state index in [1.807, 2.05) is 0 Å². The van der Waals surface area contributed by atoms with Gasteiger partial charge in [0.1, 0.15) is 0 Å². The van der Waals surface area contributed by atoms with Gasteiger partial charge in [-0.15, -0.1) is 0 Å². The SMILES string of the molecule is CNS(=O)(=O)c1ccc(/C=C/C(=O)NCc2cccnc2OCC(F)(F)F)cc1. The molecule has 2 aromatic rings. The predicted molar refractivity (Wildman–Crippen MR) is 99.4 cm³/mol. The minimum atomic E-state index is -4.50. The Morgan fingerprint density at radius 3 is 2.52 bits per heavy atom. The summed E-state index contributed by atoms with van der Waals surface area (Å²) in [6.07, 6.45) is -0.526. The summed E-state index contributed by atoms with van der Waals surface area (Å²) in [5.74, 6) is -0.710. The molecule has 7 nitrogen and oxygen atoms in total. The molecule has 0 spiro atoms. The van der Waals surface area contributed by atoms with Crippen LogP contribution < -0.4 is 14.8 Å². The fourth-order valence-electron chi connectivity index (χ4n) is 2.13. The summed E-state index contributed by atoms with van der Waals surface area (Å²) in [4.78, 5) is 15.8. The van der Waals surface area contributed by atoms with Crippen LogP contribution in [0.25, 0.3) is 6.08 Å². The average molecular weight is 429 g/mol. The highest BCUT2D eigenvalue weighted by molar-refractivity contribution is 7.89. The lowest BCUT2D eigenvalue weighted by molar-refractivity contribution is -0.154. The number of hydrogen-bond donors (Lipinski definition) is 2. The second-order valence-electron chi connectivity index (χ2n) is 5.70. The van der Waals surface area contributed by atoms with Crippen LogP contribution in [0.2, 0.25) is 0 Å². The van der Waals surface area contributed by atoms with Gasteiger partial charge in [0.25, 0.3) is 0 Å². The molecule has 0 aliphatic rings. The Balaban J connectivity index is 1.95. The van der Waals surface area contributed by atoms with Gasteiger partial charge in [-0.05, 0) is 36.9 Å². The number of pyridine rings is 1. The van der Waals surface area contributed by atoms with Gasteiger partial charge in [-0.25, -0.2) is 18.1 Å². The van der Waals surface area contributed by atoms with Gasteiger partial charge < -0.3 is 10.1 Å². The number of alkyl halides is 3. The summed E-state index contributed by atoms with van der Waals surface area (Å²) in [7, 11) is -2.24. The number of carbonyl (C=O) groups excluding carboxylic acids is 1. The molecule has 1 amide bonds. The molecule has 0 saturated heterocycles. The molecule has 0 aliphatic carbocycles. The van der Waals surface area contributed by atoms with Gasteiger partial charge in [0.15, 0.2) is 6.61 Å². The zero-order valence-electron chi connectivity index (χ0n) is 15.2. The first-order chi connectivity index (χ1) is 13.6. The summed E-state index contributed by atoms with van der Waals surface area (Å²) < 4.78 is 67.0. The van der Waals surface area contributed by atoms with E-state index in [0.717, 1.165) is 0 Å². The Bertz CT molecular complexity index is 975. The topological polar surface area (TPSA) is 97.4 Å². The molecule has 0 atom stereocenters. The van der Waals surface area contributed by atoms with Crippen molar-refractivity contribution >= 4 is 22.0 Å². The molecule has 1 heterocycles. The third kappa shape index (κ3) is 7.20. The molecule has 0 saturated carbocycles. The largest absolute Gasteiger partial charge is 0.468 e. The van der Waals surface area contributed by atoms with Crippen molar-refractivity contribution in [3.8, 4) is 5.88 Å². The van der Waals surface area contributed by atoms with E-state index in [-0.39, 0.29) is 17.3 Å². The average Bonchev–Trinajstić information content (AvgIpc) is 2.69. The normalized spacial score (nSPS) is 12.1. The highest BCUT2D eigenvalue weighted by Gasteiger charge is 2.29. The lowest BCUT2D eigenvalue weighted by Gasteiger charge is -2.12. The van der Waals surface area contributed by atoms with E-state index in [9.17, 15) is 26.4 Å². The molecule has 11 heteroatoms. The van der Waals surface area contributed by atoms with Crippen molar-refractivity contribution < 1.29 is 31.1 Å². The van der Waals surface area contributed by atoms with Gasteiger partial charge in [0.2, 0.25) is 21.8 Å². The summed E-state index contributed by atoms with van der Waals surface area (Å²) in [5.41, 5.74) is 0.880. The first-order valence-electron chi connectivity index (χ1n) is 8.24. The zero-order chi connectivity index (χ0) is 21.5. The monoisotopic (exact) mass is 429 g/mol. The molecule has 0 aliphatic heterocycles. The van der Waals surface area contributed by atoms with E-state index in [0.29, 0.717) is 11.1 Å². The molecule has 1 aromatic carbocycles. The molecule has 2 rings (SSSR count). The molecule has 156 valence electrons. The number of nitrogens with one attached hydrogen (secondary N) is 2. The lowest BCUT2D eigenvalue weighted by atomic mass is 10.2. The fourth-order valence-corrected chi connectivity index (χ4v) is 2.86. The van der Waals surface area contributed by atoms with Crippen LogP contribution in [0.4, 0.5) is 13.2 Å². The van der Waals surface area contributed by atoms with Gasteiger partial charge in [-0.3, -0.25) is 4.79 Å². The van der Waals surface area contributed by atoms with Gasteiger partial charge in [0, 0.05) is 24.4 Å². The van der Waals surface area contributed by atoms with Crippen LogP contribution in [-0.4, -0.2) is 39.1 Å². The second kappa shape index (κ2) is 9.52. The molecular weight excluding hydrogens is 411 g/mol. The lowest BCUT2D eigenvalue weighted by Crippen LogP contribution is -2.23. The van der Waals surface area contributed by atoms with Crippen molar-refractivity contribution in [2.45, 2.75) is 17.6 Å². The van der Waals surface area contributed by atoms with E-state index in [1.54, 1.807) is 0 Å². The zero-order valence-corrected chi connectivity index (χ0v) is 16.0. The molecule has 29 heavy (non-hydrogen) atoms. The highest BCUT2D eigenvalue weighted by Crippen LogP contribution is 2.19. The number of benzene rings is 1. The number of nitrogens with zero attached hydrogens (tertiary/aromatic N) is 1. The van der Waals surface area contributed by atoms with Crippen LogP contribution in [0, 0.1) is 0 Å². The molecule has 0 bridgehead atoms. The maximum atomic E-state index is 12.3.